The van der Waals surface area contributed by atoms with Gasteiger partial charge < -0.3 is 35.1 Å². The number of ether oxygens (including phenoxy) is 1. The summed E-state index contributed by atoms with van der Waals surface area (Å²) in [5, 5.41) is 20.1. The number of hydrogen-bond donors (Lipinski definition) is 4. The molecule has 1 saturated heterocycles. The van der Waals surface area contributed by atoms with Crippen LogP contribution in [0.25, 0.3) is 0 Å². The Morgan fingerprint density at radius 1 is 1.12 bits per heavy atom. The standard InChI is InChI=1S/C31H31ClF3N5O4.C2HF3O2/c1-39-9-6-19(7-10-39)40-15-18-11-17-12-25(38-24(17)13-21(18)30(40)43)27-23(5-8-36-29(27)42)37-14-20(41)16-44-26-4-2-3-22(28(26)32)31(33,34)35;3-2(4,5)1(6)7/h2-5,8,11,13,19-20,41H,6-7,9-10,12,14-16H2,1H3,(H2,36,37,42);(H,6,7)/t20-;/m1./s1. The number of H-pyrrole nitrogens is 1. The number of nitrogens with one attached hydrogen (secondary N) is 2. The van der Waals surface area contributed by atoms with Crippen molar-refractivity contribution in [2.45, 2.75) is 50.3 Å². The van der Waals surface area contributed by atoms with Crippen molar-refractivity contribution < 1.29 is 50.9 Å². The van der Waals surface area contributed by atoms with Gasteiger partial charge in [0.15, 0.2) is 0 Å². The van der Waals surface area contributed by atoms with Crippen LogP contribution in [0.15, 0.2) is 52.4 Å². The summed E-state index contributed by atoms with van der Waals surface area (Å²) in [6.07, 6.45) is -7.11. The van der Waals surface area contributed by atoms with Crippen LogP contribution >= 0.6 is 11.6 Å². The molecule has 3 aromatic rings. The minimum atomic E-state index is -5.08. The van der Waals surface area contributed by atoms with Gasteiger partial charge in [0.05, 0.1) is 33.2 Å². The van der Waals surface area contributed by atoms with E-state index in [1.54, 1.807) is 6.07 Å². The zero-order valence-corrected chi connectivity index (χ0v) is 27.6. The Morgan fingerprint density at radius 3 is 2.45 bits per heavy atom. The van der Waals surface area contributed by atoms with Crippen molar-refractivity contribution in [1.29, 1.82) is 0 Å². The van der Waals surface area contributed by atoms with Gasteiger partial charge in [0.25, 0.3) is 11.5 Å². The number of aromatic nitrogens is 1. The fourth-order valence-electron chi connectivity index (χ4n) is 6.01. The molecular formula is C33H32ClF6N5O6. The van der Waals surface area contributed by atoms with Gasteiger partial charge in [-0.2, -0.15) is 26.3 Å². The maximum Gasteiger partial charge on any atom is 0.490 e. The number of piperidine rings is 1. The van der Waals surface area contributed by atoms with Crippen LogP contribution in [-0.2, 0) is 23.9 Å². The van der Waals surface area contributed by atoms with Crippen molar-refractivity contribution in [3.05, 3.63) is 85.8 Å². The van der Waals surface area contributed by atoms with Crippen molar-refractivity contribution in [2.75, 3.05) is 38.6 Å². The van der Waals surface area contributed by atoms with Crippen LogP contribution in [0, 0.1) is 0 Å². The van der Waals surface area contributed by atoms with Gasteiger partial charge in [0, 0.05) is 37.3 Å². The van der Waals surface area contributed by atoms with E-state index in [2.05, 4.69) is 22.2 Å². The molecule has 0 spiro atoms. The number of carbonyl (C=O) groups is 2. The quantitative estimate of drug-likeness (QED) is 0.229. The fourth-order valence-corrected chi connectivity index (χ4v) is 6.29. The summed E-state index contributed by atoms with van der Waals surface area (Å²) in [7, 11) is 2.09. The Labute approximate surface area is 291 Å². The average Bonchev–Trinajstić information content (AvgIpc) is 3.61. The number of carboxylic acid groups (broad SMARTS) is 1. The van der Waals surface area contributed by atoms with E-state index in [9.17, 15) is 41.0 Å². The van der Waals surface area contributed by atoms with Crippen LogP contribution in [0.2, 0.25) is 5.02 Å². The highest BCUT2D eigenvalue weighted by Crippen LogP contribution is 2.40. The van der Waals surface area contributed by atoms with Gasteiger partial charge in [0.1, 0.15) is 18.5 Å². The van der Waals surface area contributed by atoms with E-state index < -0.39 is 35.0 Å². The molecule has 0 unspecified atom stereocenters. The van der Waals surface area contributed by atoms with E-state index in [1.165, 1.54) is 18.3 Å². The molecule has 4 heterocycles. The number of likely N-dealkylation sites (tertiary alicyclic amines) is 1. The first-order chi connectivity index (χ1) is 23.9. The number of aliphatic imine (C=N–C) groups is 1. The molecule has 3 aliphatic rings. The van der Waals surface area contributed by atoms with Crippen molar-refractivity contribution in [2.24, 2.45) is 4.99 Å². The van der Waals surface area contributed by atoms with Crippen molar-refractivity contribution in [3.8, 4) is 5.75 Å². The summed E-state index contributed by atoms with van der Waals surface area (Å²) in [5.74, 6) is -2.94. The molecule has 11 nitrogen and oxygen atoms in total. The second kappa shape index (κ2) is 14.9. The normalized spacial score (nSPS) is 16.9. The van der Waals surface area contributed by atoms with Crippen molar-refractivity contribution in [3.63, 3.8) is 0 Å². The molecule has 1 atom stereocenters. The van der Waals surface area contributed by atoms with E-state index in [4.69, 9.17) is 31.2 Å². The number of carbonyl (C=O) groups excluding carboxylic acids is 1. The molecule has 0 radical (unpaired) electrons. The summed E-state index contributed by atoms with van der Waals surface area (Å²) in [6, 6.07) is 9.01. The lowest BCUT2D eigenvalue weighted by atomic mass is 10.00. The predicted molar refractivity (Wildman–Crippen MR) is 174 cm³/mol. The minimum absolute atomic E-state index is 0.0172. The largest absolute Gasteiger partial charge is 0.490 e. The summed E-state index contributed by atoms with van der Waals surface area (Å²) in [4.78, 5) is 46.8. The molecule has 0 saturated carbocycles. The second-order valence-corrected chi connectivity index (χ2v) is 12.6. The molecule has 6 rings (SSSR count). The monoisotopic (exact) mass is 743 g/mol. The summed E-state index contributed by atoms with van der Waals surface area (Å²) < 4.78 is 76.5. The van der Waals surface area contributed by atoms with Crippen molar-refractivity contribution in [1.82, 2.24) is 14.8 Å². The molecule has 0 aliphatic carbocycles. The number of amides is 1. The number of rotatable bonds is 8. The number of aromatic amines is 1. The lowest BCUT2D eigenvalue weighted by molar-refractivity contribution is -0.192. The lowest BCUT2D eigenvalue weighted by Gasteiger charge is -2.34. The molecule has 51 heavy (non-hydrogen) atoms. The number of hydrogen-bond acceptors (Lipinski definition) is 8. The first-order valence-electron chi connectivity index (χ1n) is 15.6. The second-order valence-electron chi connectivity index (χ2n) is 12.2. The first-order valence-corrected chi connectivity index (χ1v) is 16.0. The van der Waals surface area contributed by atoms with Crippen LogP contribution < -0.4 is 15.6 Å². The highest BCUT2D eigenvalue weighted by Gasteiger charge is 2.39. The zero-order valence-electron chi connectivity index (χ0n) is 26.9. The maximum atomic E-state index is 13.3. The van der Waals surface area contributed by atoms with E-state index in [0.717, 1.165) is 43.1 Å². The molecule has 1 amide bonds. The highest BCUT2D eigenvalue weighted by atomic mass is 35.5. The number of aliphatic hydroxyl groups is 1. The number of carboxylic acids is 1. The molecule has 0 bridgehead atoms. The average molecular weight is 744 g/mol. The topological polar surface area (TPSA) is 148 Å². The van der Waals surface area contributed by atoms with E-state index in [-0.39, 0.29) is 36.4 Å². The number of anilines is 1. The number of nitrogens with zero attached hydrogens (tertiary/aromatic N) is 3. The third-order valence-corrected chi connectivity index (χ3v) is 8.99. The van der Waals surface area contributed by atoms with Gasteiger partial charge in [-0.05, 0) is 68.4 Å². The fraction of sp³-hybridized carbons (Fsp3) is 0.394. The predicted octanol–water partition coefficient (Wildman–Crippen LogP) is 5.26. The Bertz CT molecular complexity index is 1890. The highest BCUT2D eigenvalue weighted by molar-refractivity contribution is 6.32. The summed E-state index contributed by atoms with van der Waals surface area (Å²) in [6.45, 7) is 2.09. The van der Waals surface area contributed by atoms with E-state index in [1.807, 2.05) is 17.0 Å². The molecule has 4 N–H and O–H groups in total. The Hall–Kier alpha value is -4.61. The number of pyridine rings is 1. The number of benzene rings is 2. The minimum Gasteiger partial charge on any atom is -0.489 e. The molecule has 18 heteroatoms. The van der Waals surface area contributed by atoms with Gasteiger partial charge in [0.2, 0.25) is 0 Å². The molecule has 1 fully saturated rings. The lowest BCUT2D eigenvalue weighted by Crippen LogP contribution is -2.43. The number of fused-ring (bicyclic) bond motifs is 2. The Kier molecular flexibility index (Phi) is 11.0. The molecular weight excluding hydrogens is 712 g/mol. The number of alkyl halides is 6. The van der Waals surface area contributed by atoms with Gasteiger partial charge in [-0.25, -0.2) is 4.79 Å². The molecule has 3 aliphatic heterocycles. The number of aliphatic carboxylic acids is 1. The molecule has 274 valence electrons. The summed E-state index contributed by atoms with van der Waals surface area (Å²) in [5.41, 5.74) is 3.04. The summed E-state index contributed by atoms with van der Waals surface area (Å²) >= 11 is 5.87. The number of aliphatic hydroxyl groups excluding tert-OH is 1. The molecule has 2 aromatic carbocycles. The van der Waals surface area contributed by atoms with Gasteiger partial charge in [-0.1, -0.05) is 23.7 Å². The van der Waals surface area contributed by atoms with E-state index in [0.29, 0.717) is 41.2 Å². The SMILES string of the molecule is CN1CCC(N2Cc3cc4c(cc3C2=O)N=C(c2c(NC[C@@H](O)COc3cccc(C(F)(F)F)c3Cl)cc[nH]c2=O)C4)CC1.O=C(O)C(F)(F)F. The Morgan fingerprint density at radius 2 is 1.80 bits per heavy atom. The van der Waals surface area contributed by atoms with Crippen molar-refractivity contribution >= 4 is 40.6 Å². The Balaban J connectivity index is 0.000000654. The van der Waals surface area contributed by atoms with Crippen LogP contribution in [0.4, 0.5) is 37.7 Å². The van der Waals surface area contributed by atoms with Crippen LogP contribution in [0.1, 0.15) is 45.5 Å². The van der Waals surface area contributed by atoms with Crippen LogP contribution in [0.3, 0.4) is 0 Å². The maximum absolute atomic E-state index is 13.3. The van der Waals surface area contributed by atoms with E-state index >= 15 is 0 Å². The zero-order chi connectivity index (χ0) is 37.2. The van der Waals surface area contributed by atoms with Crippen LogP contribution in [0.5, 0.6) is 5.75 Å². The molecule has 1 aromatic heterocycles. The third kappa shape index (κ3) is 8.65. The third-order valence-electron chi connectivity index (χ3n) is 8.60. The van der Waals surface area contributed by atoms with Gasteiger partial charge in [-0.15, -0.1) is 0 Å². The van der Waals surface area contributed by atoms with Crippen LogP contribution in [-0.4, -0.2) is 94.2 Å². The number of halogens is 7. The first kappa shape index (κ1) is 37.6. The smallest absolute Gasteiger partial charge is 0.489 e. The van der Waals surface area contributed by atoms with Gasteiger partial charge in [-0.3, -0.25) is 14.6 Å². The van der Waals surface area contributed by atoms with Gasteiger partial charge >= 0.3 is 18.3 Å².